The summed E-state index contributed by atoms with van der Waals surface area (Å²) in [5.41, 5.74) is 3.48. The second-order valence-corrected chi connectivity index (χ2v) is 4.89. The maximum atomic E-state index is 4.37. The van der Waals surface area contributed by atoms with Crippen molar-refractivity contribution in [2.24, 2.45) is 0 Å². The van der Waals surface area contributed by atoms with Crippen LogP contribution in [-0.4, -0.2) is 18.6 Å². The Hall–Kier alpha value is -1.83. The Labute approximate surface area is 116 Å². The second-order valence-electron chi connectivity index (χ2n) is 4.89. The molecule has 2 heteroatoms. The highest BCUT2D eigenvalue weighted by Crippen LogP contribution is 2.21. The van der Waals surface area contributed by atoms with Crippen LogP contribution >= 0.6 is 0 Å². The zero-order valence-corrected chi connectivity index (χ0v) is 11.8. The van der Waals surface area contributed by atoms with Gasteiger partial charge in [0.25, 0.3) is 0 Å². The molecule has 0 N–H and O–H groups in total. The van der Waals surface area contributed by atoms with Gasteiger partial charge in [0.05, 0.1) is 5.69 Å². The van der Waals surface area contributed by atoms with Crippen molar-refractivity contribution in [2.75, 3.05) is 18.5 Å². The maximum Gasteiger partial charge on any atom is 0.0701 e. The third-order valence-electron chi connectivity index (χ3n) is 3.37. The molecule has 0 radical (unpaired) electrons. The van der Waals surface area contributed by atoms with E-state index in [1.165, 1.54) is 30.5 Å². The standard InChI is InChI=1S/C17H22N2/c1-3-4-7-14-19(2)16-11-9-15(10-12-16)17-8-5-6-13-18-17/h5-6,8-13H,3-4,7,14H2,1-2H3. The number of anilines is 1. The lowest BCUT2D eigenvalue weighted by atomic mass is 10.1. The summed E-state index contributed by atoms with van der Waals surface area (Å²) < 4.78 is 0. The number of hydrogen-bond acceptors (Lipinski definition) is 2. The summed E-state index contributed by atoms with van der Waals surface area (Å²) in [7, 11) is 2.16. The average molecular weight is 254 g/mol. The SMILES string of the molecule is CCCCCN(C)c1ccc(-c2ccccn2)cc1. The minimum Gasteiger partial charge on any atom is -0.375 e. The lowest BCUT2D eigenvalue weighted by Gasteiger charge is -2.19. The van der Waals surface area contributed by atoms with E-state index >= 15 is 0 Å². The lowest BCUT2D eigenvalue weighted by molar-refractivity contribution is 0.705. The number of pyridine rings is 1. The summed E-state index contributed by atoms with van der Waals surface area (Å²) >= 11 is 0. The molecule has 2 aromatic rings. The van der Waals surface area contributed by atoms with E-state index in [-0.39, 0.29) is 0 Å². The molecule has 0 amide bonds. The normalized spacial score (nSPS) is 10.4. The molecule has 0 aliphatic heterocycles. The first-order valence-corrected chi connectivity index (χ1v) is 7.04. The molecule has 0 fully saturated rings. The molecule has 0 saturated heterocycles. The van der Waals surface area contributed by atoms with Crippen LogP contribution in [-0.2, 0) is 0 Å². The van der Waals surface area contributed by atoms with Gasteiger partial charge in [0.2, 0.25) is 0 Å². The van der Waals surface area contributed by atoms with Gasteiger partial charge >= 0.3 is 0 Å². The molecule has 100 valence electrons. The van der Waals surface area contributed by atoms with Crippen molar-refractivity contribution < 1.29 is 0 Å². The van der Waals surface area contributed by atoms with Crippen molar-refractivity contribution in [3.05, 3.63) is 48.7 Å². The first-order valence-electron chi connectivity index (χ1n) is 7.04. The smallest absolute Gasteiger partial charge is 0.0701 e. The van der Waals surface area contributed by atoms with Crippen LogP contribution in [0, 0.1) is 0 Å². The monoisotopic (exact) mass is 254 g/mol. The third kappa shape index (κ3) is 3.82. The van der Waals surface area contributed by atoms with Crippen molar-refractivity contribution in [2.45, 2.75) is 26.2 Å². The largest absolute Gasteiger partial charge is 0.375 e. The Morgan fingerprint density at radius 2 is 1.79 bits per heavy atom. The molecular formula is C17H22N2. The molecule has 0 bridgehead atoms. The zero-order valence-electron chi connectivity index (χ0n) is 11.8. The van der Waals surface area contributed by atoms with Crippen LogP contribution in [0.5, 0.6) is 0 Å². The first kappa shape index (κ1) is 13.6. The van der Waals surface area contributed by atoms with E-state index in [0.29, 0.717) is 0 Å². The number of aromatic nitrogens is 1. The van der Waals surface area contributed by atoms with Gasteiger partial charge in [-0.15, -0.1) is 0 Å². The van der Waals surface area contributed by atoms with E-state index in [0.717, 1.165) is 12.2 Å². The fourth-order valence-electron chi connectivity index (χ4n) is 2.15. The Kier molecular flexibility index (Phi) is 4.96. The summed E-state index contributed by atoms with van der Waals surface area (Å²) in [4.78, 5) is 6.69. The van der Waals surface area contributed by atoms with Crippen molar-refractivity contribution in [1.82, 2.24) is 4.98 Å². The van der Waals surface area contributed by atoms with Crippen molar-refractivity contribution in [3.8, 4) is 11.3 Å². The summed E-state index contributed by atoms with van der Waals surface area (Å²) in [6.07, 6.45) is 5.66. The summed E-state index contributed by atoms with van der Waals surface area (Å²) in [6.45, 7) is 3.36. The maximum absolute atomic E-state index is 4.37. The Bertz CT molecular complexity index is 476. The highest BCUT2D eigenvalue weighted by atomic mass is 15.1. The highest BCUT2D eigenvalue weighted by molar-refractivity contribution is 5.62. The van der Waals surface area contributed by atoms with Crippen LogP contribution in [0.4, 0.5) is 5.69 Å². The fraction of sp³-hybridized carbons (Fsp3) is 0.353. The van der Waals surface area contributed by atoms with Crippen LogP contribution in [0.15, 0.2) is 48.7 Å². The predicted octanol–water partition coefficient (Wildman–Crippen LogP) is 4.38. The van der Waals surface area contributed by atoms with E-state index in [2.05, 4.69) is 48.1 Å². The molecular weight excluding hydrogens is 232 g/mol. The number of hydrogen-bond donors (Lipinski definition) is 0. The van der Waals surface area contributed by atoms with E-state index in [4.69, 9.17) is 0 Å². The average Bonchev–Trinajstić information content (AvgIpc) is 2.48. The van der Waals surface area contributed by atoms with Gasteiger partial charge in [-0.05, 0) is 30.7 Å². The minimum atomic E-state index is 1.03. The van der Waals surface area contributed by atoms with E-state index in [1.54, 1.807) is 0 Å². The topological polar surface area (TPSA) is 16.1 Å². The molecule has 0 spiro atoms. The van der Waals surface area contributed by atoms with Gasteiger partial charge in [-0.3, -0.25) is 4.98 Å². The molecule has 1 aromatic carbocycles. The Balaban J connectivity index is 2.02. The van der Waals surface area contributed by atoms with Crippen LogP contribution in [0.1, 0.15) is 26.2 Å². The van der Waals surface area contributed by atoms with Crippen molar-refractivity contribution >= 4 is 5.69 Å². The van der Waals surface area contributed by atoms with Crippen LogP contribution in [0.3, 0.4) is 0 Å². The number of rotatable bonds is 6. The van der Waals surface area contributed by atoms with Crippen molar-refractivity contribution in [1.29, 1.82) is 0 Å². The quantitative estimate of drug-likeness (QED) is 0.711. The van der Waals surface area contributed by atoms with E-state index in [9.17, 15) is 0 Å². The number of nitrogens with zero attached hydrogens (tertiary/aromatic N) is 2. The minimum absolute atomic E-state index is 1.03. The molecule has 2 rings (SSSR count). The van der Waals surface area contributed by atoms with Gasteiger partial charge in [0.1, 0.15) is 0 Å². The van der Waals surface area contributed by atoms with E-state index < -0.39 is 0 Å². The molecule has 0 aliphatic carbocycles. The predicted molar refractivity (Wildman–Crippen MR) is 82.5 cm³/mol. The molecule has 2 nitrogen and oxygen atoms in total. The van der Waals surface area contributed by atoms with Crippen LogP contribution < -0.4 is 4.90 Å². The van der Waals surface area contributed by atoms with Gasteiger partial charge in [-0.1, -0.05) is 38.0 Å². The Morgan fingerprint density at radius 3 is 2.42 bits per heavy atom. The van der Waals surface area contributed by atoms with Gasteiger partial charge in [0, 0.05) is 31.0 Å². The molecule has 0 unspecified atom stereocenters. The zero-order chi connectivity index (χ0) is 13.5. The molecule has 0 aliphatic rings. The van der Waals surface area contributed by atoms with Gasteiger partial charge in [0.15, 0.2) is 0 Å². The molecule has 1 heterocycles. The van der Waals surface area contributed by atoms with Crippen LogP contribution in [0.2, 0.25) is 0 Å². The van der Waals surface area contributed by atoms with E-state index in [1.807, 2.05) is 24.4 Å². The van der Waals surface area contributed by atoms with Crippen molar-refractivity contribution in [3.63, 3.8) is 0 Å². The third-order valence-corrected chi connectivity index (χ3v) is 3.37. The van der Waals surface area contributed by atoms with Gasteiger partial charge in [-0.2, -0.15) is 0 Å². The number of unbranched alkanes of at least 4 members (excludes halogenated alkanes) is 2. The van der Waals surface area contributed by atoms with Crippen LogP contribution in [0.25, 0.3) is 11.3 Å². The summed E-state index contributed by atoms with van der Waals surface area (Å²) in [6, 6.07) is 14.7. The molecule has 1 aromatic heterocycles. The molecule has 0 atom stereocenters. The molecule has 0 saturated carbocycles. The van der Waals surface area contributed by atoms with Gasteiger partial charge in [-0.25, -0.2) is 0 Å². The molecule has 19 heavy (non-hydrogen) atoms. The highest BCUT2D eigenvalue weighted by Gasteiger charge is 2.02. The summed E-state index contributed by atoms with van der Waals surface area (Å²) in [5.74, 6) is 0. The Morgan fingerprint density at radius 1 is 1.00 bits per heavy atom. The number of benzene rings is 1. The first-order chi connectivity index (χ1) is 9.31. The van der Waals surface area contributed by atoms with Gasteiger partial charge < -0.3 is 4.90 Å². The second kappa shape index (κ2) is 6.93. The lowest BCUT2D eigenvalue weighted by Crippen LogP contribution is -2.18. The fourth-order valence-corrected chi connectivity index (χ4v) is 2.15. The summed E-state index contributed by atoms with van der Waals surface area (Å²) in [5, 5.41) is 0.